The lowest BCUT2D eigenvalue weighted by molar-refractivity contribution is -0.117. The molecule has 0 spiro atoms. The van der Waals surface area contributed by atoms with Crippen molar-refractivity contribution in [2.75, 3.05) is 0 Å². The summed E-state index contributed by atoms with van der Waals surface area (Å²) in [4.78, 5) is 25.1. The lowest BCUT2D eigenvalue weighted by Gasteiger charge is -2.36. The molecule has 0 bridgehead atoms. The molecule has 5 nitrogen and oxygen atoms in total. The molecule has 0 unspecified atom stereocenters. The van der Waals surface area contributed by atoms with E-state index >= 15 is 0 Å². The van der Waals surface area contributed by atoms with Crippen LogP contribution in [-0.2, 0) is 14.3 Å². The van der Waals surface area contributed by atoms with Crippen LogP contribution in [0.1, 0.15) is 50.0 Å². The number of benzene rings is 1. The average Bonchev–Trinajstić information content (AvgIpc) is 2.56. The Morgan fingerprint density at radius 2 is 1.46 bits per heavy atom. The van der Waals surface area contributed by atoms with Crippen molar-refractivity contribution in [3.63, 3.8) is 0 Å². The molecule has 2 N–H and O–H groups in total. The highest BCUT2D eigenvalue weighted by Crippen LogP contribution is 2.49. The minimum absolute atomic E-state index is 0.00916. The molecule has 124 valence electrons. The molecular formula is C19H18O5. The molecule has 1 aliphatic heterocycles. The van der Waals surface area contributed by atoms with Gasteiger partial charge in [-0.05, 0) is 31.0 Å². The maximum Gasteiger partial charge on any atom is 0.163 e. The second-order valence-electron chi connectivity index (χ2n) is 6.51. The maximum atomic E-state index is 12.6. The fourth-order valence-electron chi connectivity index (χ4n) is 3.90. The van der Waals surface area contributed by atoms with Crippen molar-refractivity contribution in [2.45, 2.75) is 44.4 Å². The molecule has 0 fully saturated rings. The van der Waals surface area contributed by atoms with Crippen LogP contribution in [0.15, 0.2) is 40.9 Å². The molecule has 1 heterocycles. The third-order valence-corrected chi connectivity index (χ3v) is 4.96. The smallest absolute Gasteiger partial charge is 0.163 e. The number of aromatic hydroxyl groups is 2. The van der Waals surface area contributed by atoms with Crippen LogP contribution in [0.5, 0.6) is 11.5 Å². The highest BCUT2D eigenvalue weighted by Gasteiger charge is 2.42. The van der Waals surface area contributed by atoms with Crippen LogP contribution in [0, 0.1) is 0 Å². The fourth-order valence-corrected chi connectivity index (χ4v) is 3.90. The van der Waals surface area contributed by atoms with E-state index in [1.54, 1.807) is 0 Å². The molecule has 1 aromatic carbocycles. The number of ether oxygens (including phenoxy) is 1. The minimum atomic E-state index is -0.642. The molecule has 5 heteroatoms. The quantitative estimate of drug-likeness (QED) is 0.774. The van der Waals surface area contributed by atoms with Crippen LogP contribution in [-0.4, -0.2) is 21.8 Å². The molecule has 0 atom stereocenters. The highest BCUT2D eigenvalue weighted by atomic mass is 16.5. The van der Waals surface area contributed by atoms with E-state index in [4.69, 9.17) is 4.74 Å². The Labute approximate surface area is 139 Å². The number of hydrogen-bond acceptors (Lipinski definition) is 5. The van der Waals surface area contributed by atoms with Crippen molar-refractivity contribution in [3.05, 3.63) is 46.4 Å². The van der Waals surface area contributed by atoms with Crippen LogP contribution in [0.25, 0.3) is 0 Å². The summed E-state index contributed by atoms with van der Waals surface area (Å²) < 4.78 is 5.93. The van der Waals surface area contributed by atoms with Crippen LogP contribution in [0.2, 0.25) is 0 Å². The van der Waals surface area contributed by atoms with Crippen molar-refractivity contribution in [1.29, 1.82) is 0 Å². The van der Waals surface area contributed by atoms with Gasteiger partial charge in [0.15, 0.2) is 11.6 Å². The number of allylic oxidation sites excluding steroid dienone is 4. The molecule has 2 aliphatic carbocycles. The molecular weight excluding hydrogens is 308 g/mol. The predicted molar refractivity (Wildman–Crippen MR) is 85.4 cm³/mol. The standard InChI is InChI=1S/C19H18O5/c20-10-7-8-12(21)11(9-10)17-18-13(22)3-1-5-15(18)24-16-6-2-4-14(23)19(16)17/h7-9,17,20-21H,1-6H2. The summed E-state index contributed by atoms with van der Waals surface area (Å²) in [5.74, 6) is 0.458. The van der Waals surface area contributed by atoms with E-state index in [2.05, 4.69) is 0 Å². The zero-order valence-electron chi connectivity index (χ0n) is 13.2. The first-order valence-corrected chi connectivity index (χ1v) is 8.28. The zero-order valence-corrected chi connectivity index (χ0v) is 13.2. The van der Waals surface area contributed by atoms with Crippen molar-refractivity contribution in [1.82, 2.24) is 0 Å². The molecule has 24 heavy (non-hydrogen) atoms. The summed E-state index contributed by atoms with van der Waals surface area (Å²) in [5, 5.41) is 20.2. The van der Waals surface area contributed by atoms with Gasteiger partial charge in [-0.25, -0.2) is 0 Å². The molecule has 3 aliphatic rings. The van der Waals surface area contributed by atoms with Gasteiger partial charge >= 0.3 is 0 Å². The van der Waals surface area contributed by atoms with Gasteiger partial charge in [-0.2, -0.15) is 0 Å². The number of phenolic OH excluding ortho intramolecular Hbond substituents is 2. The highest BCUT2D eigenvalue weighted by molar-refractivity contribution is 6.06. The number of carbonyl (C=O) groups excluding carboxylic acids is 2. The Balaban J connectivity index is 1.96. The van der Waals surface area contributed by atoms with Gasteiger partial charge < -0.3 is 14.9 Å². The van der Waals surface area contributed by atoms with Crippen LogP contribution < -0.4 is 0 Å². The van der Waals surface area contributed by atoms with Crippen molar-refractivity contribution in [3.8, 4) is 11.5 Å². The molecule has 0 radical (unpaired) electrons. The molecule has 1 aromatic rings. The van der Waals surface area contributed by atoms with E-state index in [9.17, 15) is 19.8 Å². The third kappa shape index (κ3) is 2.23. The van der Waals surface area contributed by atoms with Gasteiger partial charge in [0.25, 0.3) is 0 Å². The first kappa shape index (κ1) is 15.0. The zero-order chi connectivity index (χ0) is 16.8. The van der Waals surface area contributed by atoms with Gasteiger partial charge in [-0.1, -0.05) is 0 Å². The maximum absolute atomic E-state index is 12.6. The van der Waals surface area contributed by atoms with Crippen molar-refractivity contribution in [2.24, 2.45) is 0 Å². The van der Waals surface area contributed by atoms with Gasteiger partial charge in [0.05, 0.1) is 5.92 Å². The Bertz CT molecular complexity index is 773. The first-order valence-electron chi connectivity index (χ1n) is 8.28. The number of ketones is 2. The van der Waals surface area contributed by atoms with Gasteiger partial charge in [0, 0.05) is 42.4 Å². The van der Waals surface area contributed by atoms with E-state index < -0.39 is 5.92 Å². The van der Waals surface area contributed by atoms with Gasteiger partial charge in [-0.15, -0.1) is 0 Å². The van der Waals surface area contributed by atoms with Crippen molar-refractivity contribution < 1.29 is 24.5 Å². The van der Waals surface area contributed by atoms with Gasteiger partial charge in [-0.3, -0.25) is 9.59 Å². The first-order chi connectivity index (χ1) is 11.6. The van der Waals surface area contributed by atoms with Crippen LogP contribution in [0.3, 0.4) is 0 Å². The van der Waals surface area contributed by atoms with E-state index in [1.807, 2.05) is 0 Å². The summed E-state index contributed by atoms with van der Waals surface area (Å²) in [6.07, 6.45) is 3.59. The molecule has 4 rings (SSSR count). The molecule has 0 saturated carbocycles. The fraction of sp³-hybridized carbons (Fsp3) is 0.368. The summed E-state index contributed by atoms with van der Waals surface area (Å²) in [6, 6.07) is 4.21. The normalized spacial score (nSPS) is 21.5. The predicted octanol–water partition coefficient (Wildman–Crippen LogP) is 3.23. The summed E-state index contributed by atoms with van der Waals surface area (Å²) in [5.41, 5.74) is 1.33. The molecule has 0 amide bonds. The Morgan fingerprint density at radius 3 is 2.04 bits per heavy atom. The summed E-state index contributed by atoms with van der Waals surface area (Å²) in [7, 11) is 0. The van der Waals surface area contributed by atoms with E-state index in [0.29, 0.717) is 53.9 Å². The monoisotopic (exact) mass is 326 g/mol. The Kier molecular flexibility index (Phi) is 3.44. The largest absolute Gasteiger partial charge is 0.508 e. The second kappa shape index (κ2) is 5.51. The number of phenols is 2. The number of rotatable bonds is 1. The van der Waals surface area contributed by atoms with Crippen molar-refractivity contribution >= 4 is 11.6 Å². The minimum Gasteiger partial charge on any atom is -0.508 e. The third-order valence-electron chi connectivity index (χ3n) is 4.96. The summed E-state index contributed by atoms with van der Waals surface area (Å²) in [6.45, 7) is 0. The SMILES string of the molecule is O=C1CCCC2=C1C(c1cc(O)ccc1O)C1=C(CCCC1=O)O2. The van der Waals surface area contributed by atoms with Crippen LogP contribution in [0.4, 0.5) is 0 Å². The Morgan fingerprint density at radius 1 is 0.875 bits per heavy atom. The molecule has 0 saturated heterocycles. The number of hydrogen-bond donors (Lipinski definition) is 2. The van der Waals surface area contributed by atoms with E-state index in [0.717, 1.165) is 12.8 Å². The summed E-state index contributed by atoms with van der Waals surface area (Å²) >= 11 is 0. The number of Topliss-reactive ketones (excluding diaryl/α,β-unsaturated/α-hetero) is 2. The second-order valence-corrected chi connectivity index (χ2v) is 6.51. The lowest BCUT2D eigenvalue weighted by atomic mass is 9.73. The average molecular weight is 326 g/mol. The molecule has 0 aromatic heterocycles. The lowest BCUT2D eigenvalue weighted by Crippen LogP contribution is -2.30. The van der Waals surface area contributed by atoms with Gasteiger partial charge in [0.2, 0.25) is 0 Å². The topological polar surface area (TPSA) is 83.8 Å². The Hall–Kier alpha value is -2.56. The van der Waals surface area contributed by atoms with E-state index in [-0.39, 0.29) is 23.1 Å². The van der Waals surface area contributed by atoms with E-state index in [1.165, 1.54) is 18.2 Å². The number of carbonyl (C=O) groups is 2. The van der Waals surface area contributed by atoms with Gasteiger partial charge in [0.1, 0.15) is 23.0 Å². The van der Waals surface area contributed by atoms with Crippen LogP contribution >= 0.6 is 0 Å².